The van der Waals surface area contributed by atoms with E-state index in [-0.39, 0.29) is 5.91 Å². The number of amides is 1. The van der Waals surface area contributed by atoms with Crippen molar-refractivity contribution in [2.45, 2.75) is 38.2 Å². The van der Waals surface area contributed by atoms with E-state index >= 15 is 0 Å². The molecule has 1 amide bonds. The molecule has 0 saturated heterocycles. The number of likely N-dealkylation sites (N-methyl/N-ethyl adjacent to an activating group) is 1. The first-order chi connectivity index (χ1) is 9.89. The van der Waals surface area contributed by atoms with Crippen molar-refractivity contribution < 1.29 is 9.90 Å². The zero-order valence-electron chi connectivity index (χ0n) is 12.6. The predicted octanol–water partition coefficient (Wildman–Crippen LogP) is 3.53. The van der Waals surface area contributed by atoms with E-state index in [1.807, 2.05) is 25.1 Å². The van der Waals surface area contributed by atoms with Crippen LogP contribution < -0.4 is 0 Å². The summed E-state index contributed by atoms with van der Waals surface area (Å²) in [5, 5.41) is 10.3. The summed E-state index contributed by atoms with van der Waals surface area (Å²) in [6.07, 6.45) is 7.04. The summed E-state index contributed by atoms with van der Waals surface area (Å²) in [4.78, 5) is 13.7. The van der Waals surface area contributed by atoms with Crippen LogP contribution in [0.5, 0.6) is 0 Å². The summed E-state index contributed by atoms with van der Waals surface area (Å²) in [6, 6.07) is 6.02. The summed E-state index contributed by atoms with van der Waals surface area (Å²) in [5.74, 6) is -0.0807. The molecule has 114 valence electrons. The number of benzene rings is 1. The van der Waals surface area contributed by atoms with Gasteiger partial charge in [0.05, 0.1) is 5.60 Å². The van der Waals surface area contributed by atoms with Gasteiger partial charge in [-0.3, -0.25) is 4.79 Å². The molecule has 0 bridgehead atoms. The van der Waals surface area contributed by atoms with E-state index < -0.39 is 5.60 Å². The highest BCUT2D eigenvalue weighted by molar-refractivity contribution is 9.10. The molecule has 1 fully saturated rings. The third-order valence-corrected chi connectivity index (χ3v) is 4.69. The third-order valence-electron chi connectivity index (χ3n) is 4.00. The Kier molecular flexibility index (Phi) is 5.22. The minimum Gasteiger partial charge on any atom is -0.388 e. The van der Waals surface area contributed by atoms with E-state index in [4.69, 9.17) is 0 Å². The Morgan fingerprint density at radius 2 is 2.10 bits per heavy atom. The van der Waals surface area contributed by atoms with Gasteiger partial charge in [-0.05, 0) is 43.0 Å². The lowest BCUT2D eigenvalue weighted by Gasteiger charge is -2.27. The number of aryl methyl sites for hydroxylation is 1. The monoisotopic (exact) mass is 351 g/mol. The molecule has 1 saturated carbocycles. The Hall–Kier alpha value is -1.13. The van der Waals surface area contributed by atoms with Gasteiger partial charge in [0.15, 0.2) is 0 Å². The van der Waals surface area contributed by atoms with Gasteiger partial charge in [0.25, 0.3) is 0 Å². The fourth-order valence-corrected chi connectivity index (χ4v) is 3.39. The molecule has 0 spiro atoms. The normalized spacial score (nSPS) is 17.3. The van der Waals surface area contributed by atoms with Gasteiger partial charge in [0, 0.05) is 24.1 Å². The van der Waals surface area contributed by atoms with E-state index in [1.54, 1.807) is 24.1 Å². The summed E-state index contributed by atoms with van der Waals surface area (Å²) >= 11 is 3.50. The van der Waals surface area contributed by atoms with Crippen LogP contribution in [-0.2, 0) is 4.79 Å². The van der Waals surface area contributed by atoms with Crippen LogP contribution >= 0.6 is 15.9 Å². The van der Waals surface area contributed by atoms with E-state index in [1.165, 1.54) is 5.56 Å². The molecule has 1 aliphatic rings. The highest BCUT2D eigenvalue weighted by atomic mass is 79.9. The average molecular weight is 352 g/mol. The Bertz CT molecular complexity index is 548. The molecule has 0 heterocycles. The second kappa shape index (κ2) is 6.75. The molecule has 0 aliphatic heterocycles. The number of hydrogen-bond acceptors (Lipinski definition) is 2. The molecule has 0 unspecified atom stereocenters. The van der Waals surface area contributed by atoms with E-state index in [9.17, 15) is 9.90 Å². The summed E-state index contributed by atoms with van der Waals surface area (Å²) in [5.41, 5.74) is 1.45. The number of hydrogen-bond donors (Lipinski definition) is 1. The van der Waals surface area contributed by atoms with Crippen LogP contribution in [0.3, 0.4) is 0 Å². The van der Waals surface area contributed by atoms with Crippen LogP contribution in [0.4, 0.5) is 0 Å². The van der Waals surface area contributed by atoms with Gasteiger partial charge in [-0.15, -0.1) is 0 Å². The van der Waals surface area contributed by atoms with Crippen molar-refractivity contribution in [1.29, 1.82) is 0 Å². The van der Waals surface area contributed by atoms with Gasteiger partial charge >= 0.3 is 0 Å². The van der Waals surface area contributed by atoms with Crippen molar-refractivity contribution in [2.24, 2.45) is 0 Å². The third kappa shape index (κ3) is 4.42. The molecule has 4 heteroatoms. The van der Waals surface area contributed by atoms with Gasteiger partial charge in [0.1, 0.15) is 0 Å². The van der Waals surface area contributed by atoms with Crippen LogP contribution in [0.15, 0.2) is 28.7 Å². The van der Waals surface area contributed by atoms with Gasteiger partial charge in [-0.2, -0.15) is 0 Å². The lowest BCUT2D eigenvalue weighted by atomic mass is 10.0. The largest absolute Gasteiger partial charge is 0.388 e. The topological polar surface area (TPSA) is 40.5 Å². The molecule has 1 aromatic rings. The van der Waals surface area contributed by atoms with Gasteiger partial charge < -0.3 is 10.0 Å². The van der Waals surface area contributed by atoms with Crippen LogP contribution in [0, 0.1) is 6.92 Å². The molecular weight excluding hydrogens is 330 g/mol. The Balaban J connectivity index is 1.98. The molecule has 1 aliphatic carbocycles. The second-order valence-corrected chi connectivity index (χ2v) is 6.84. The molecule has 0 aromatic heterocycles. The van der Waals surface area contributed by atoms with Gasteiger partial charge in [0.2, 0.25) is 5.91 Å². The smallest absolute Gasteiger partial charge is 0.246 e. The van der Waals surface area contributed by atoms with E-state index in [0.717, 1.165) is 35.7 Å². The van der Waals surface area contributed by atoms with Crippen molar-refractivity contribution in [3.63, 3.8) is 0 Å². The van der Waals surface area contributed by atoms with Crippen LogP contribution in [0.25, 0.3) is 6.08 Å². The van der Waals surface area contributed by atoms with Crippen molar-refractivity contribution in [2.75, 3.05) is 13.6 Å². The van der Waals surface area contributed by atoms with Gasteiger partial charge in [-0.25, -0.2) is 0 Å². The maximum atomic E-state index is 12.1. The second-order valence-electron chi connectivity index (χ2n) is 5.98. The predicted molar refractivity (Wildman–Crippen MR) is 89.0 cm³/mol. The first-order valence-corrected chi connectivity index (χ1v) is 8.11. The molecule has 1 N–H and O–H groups in total. The Morgan fingerprint density at radius 1 is 1.43 bits per heavy atom. The fourth-order valence-electron chi connectivity index (χ4n) is 2.77. The molecule has 21 heavy (non-hydrogen) atoms. The van der Waals surface area contributed by atoms with Crippen molar-refractivity contribution in [1.82, 2.24) is 4.90 Å². The summed E-state index contributed by atoms with van der Waals surface area (Å²) < 4.78 is 0.976. The average Bonchev–Trinajstić information content (AvgIpc) is 2.83. The number of aliphatic hydroxyl groups is 1. The Morgan fingerprint density at radius 3 is 2.71 bits per heavy atom. The number of nitrogens with zero attached hydrogens (tertiary/aromatic N) is 1. The van der Waals surface area contributed by atoms with E-state index in [0.29, 0.717) is 6.54 Å². The van der Waals surface area contributed by atoms with Crippen molar-refractivity contribution >= 4 is 27.9 Å². The zero-order valence-corrected chi connectivity index (χ0v) is 14.2. The SMILES string of the molecule is Cc1ccc(/C=C/C(=O)N(C)CC2(O)CCCC2)c(Br)c1. The number of carbonyl (C=O) groups is 1. The van der Waals surface area contributed by atoms with Crippen LogP contribution in [0.1, 0.15) is 36.8 Å². The van der Waals surface area contributed by atoms with Crippen LogP contribution in [0.2, 0.25) is 0 Å². The number of halogens is 1. The van der Waals surface area contributed by atoms with Crippen LogP contribution in [-0.4, -0.2) is 35.1 Å². The molecule has 0 radical (unpaired) electrons. The lowest BCUT2D eigenvalue weighted by Crippen LogP contribution is -2.41. The zero-order chi connectivity index (χ0) is 15.5. The first kappa shape index (κ1) is 16.2. The summed E-state index contributed by atoms with van der Waals surface area (Å²) in [7, 11) is 1.74. The van der Waals surface area contributed by atoms with Crippen molar-refractivity contribution in [3.05, 3.63) is 39.9 Å². The maximum Gasteiger partial charge on any atom is 0.246 e. The standard InChI is InChI=1S/C17H22BrNO2/c1-13-5-6-14(15(18)11-13)7-8-16(20)19(2)12-17(21)9-3-4-10-17/h5-8,11,21H,3-4,9-10,12H2,1-2H3/b8-7+. The molecule has 3 nitrogen and oxygen atoms in total. The molecule has 2 rings (SSSR count). The van der Waals surface area contributed by atoms with E-state index in [2.05, 4.69) is 15.9 Å². The Labute approximate surface area is 134 Å². The minimum absolute atomic E-state index is 0.0807. The number of rotatable bonds is 4. The highest BCUT2D eigenvalue weighted by Gasteiger charge is 2.32. The molecule has 0 atom stereocenters. The number of carbonyl (C=O) groups excluding carboxylic acids is 1. The molecular formula is C17H22BrNO2. The summed E-state index contributed by atoms with van der Waals surface area (Å²) in [6.45, 7) is 2.44. The lowest BCUT2D eigenvalue weighted by molar-refractivity contribution is -0.127. The molecule has 1 aromatic carbocycles. The van der Waals surface area contributed by atoms with Crippen molar-refractivity contribution in [3.8, 4) is 0 Å². The van der Waals surface area contributed by atoms with Gasteiger partial charge in [-0.1, -0.05) is 40.9 Å². The maximum absolute atomic E-state index is 12.1. The highest BCUT2D eigenvalue weighted by Crippen LogP contribution is 2.30. The minimum atomic E-state index is -0.692. The fraction of sp³-hybridized carbons (Fsp3) is 0.471. The first-order valence-electron chi connectivity index (χ1n) is 7.31. The quantitative estimate of drug-likeness (QED) is 0.842.